The third-order valence-corrected chi connectivity index (χ3v) is 4.15. The number of rotatable bonds is 5. The molecule has 1 N–H and O–H groups in total. The summed E-state index contributed by atoms with van der Waals surface area (Å²) in [6.45, 7) is 2.35. The molecule has 104 valence electrons. The van der Waals surface area contributed by atoms with Crippen LogP contribution in [-0.2, 0) is 9.53 Å². The minimum Gasteiger partial charge on any atom is -0.376 e. The summed E-state index contributed by atoms with van der Waals surface area (Å²) in [7, 11) is 1.87. The van der Waals surface area contributed by atoms with Gasteiger partial charge in [0, 0.05) is 13.1 Å². The Morgan fingerprint density at radius 1 is 1.22 bits per heavy atom. The Kier molecular flexibility index (Phi) is 5.45. The van der Waals surface area contributed by atoms with Gasteiger partial charge in [0.15, 0.2) is 0 Å². The van der Waals surface area contributed by atoms with Crippen LogP contribution in [0.25, 0.3) is 0 Å². The van der Waals surface area contributed by atoms with Gasteiger partial charge in [-0.3, -0.25) is 4.79 Å². The van der Waals surface area contributed by atoms with E-state index in [1.807, 2.05) is 11.9 Å². The maximum Gasteiger partial charge on any atom is 0.239 e. The van der Waals surface area contributed by atoms with E-state index < -0.39 is 0 Å². The minimum atomic E-state index is 0.0217. The van der Waals surface area contributed by atoms with E-state index in [4.69, 9.17) is 4.74 Å². The lowest BCUT2D eigenvalue weighted by atomic mass is 9.98. The maximum absolute atomic E-state index is 12.0. The first kappa shape index (κ1) is 13.8. The van der Waals surface area contributed by atoms with Crippen molar-refractivity contribution in [3.63, 3.8) is 0 Å². The molecule has 18 heavy (non-hydrogen) atoms. The van der Waals surface area contributed by atoms with Crippen LogP contribution in [0.2, 0.25) is 0 Å². The first-order valence-corrected chi connectivity index (χ1v) is 7.39. The van der Waals surface area contributed by atoms with Crippen molar-refractivity contribution in [1.29, 1.82) is 0 Å². The molecule has 0 bridgehead atoms. The highest BCUT2D eigenvalue weighted by Gasteiger charge is 2.27. The van der Waals surface area contributed by atoms with Crippen LogP contribution in [-0.4, -0.2) is 49.7 Å². The maximum atomic E-state index is 12.0. The van der Waals surface area contributed by atoms with Gasteiger partial charge in [0.05, 0.1) is 18.8 Å². The predicted octanol–water partition coefficient (Wildman–Crippen LogP) is 1.55. The van der Waals surface area contributed by atoms with Crippen LogP contribution in [0.3, 0.4) is 0 Å². The largest absolute Gasteiger partial charge is 0.376 e. The van der Waals surface area contributed by atoms with Crippen molar-refractivity contribution in [3.8, 4) is 0 Å². The number of piperidine rings is 1. The molecule has 2 aliphatic rings. The molecule has 1 aliphatic heterocycles. The molecule has 0 radical (unpaired) electrons. The Labute approximate surface area is 110 Å². The molecule has 4 heteroatoms. The molecule has 4 nitrogen and oxygen atoms in total. The number of carbonyl (C=O) groups is 1. The van der Waals surface area contributed by atoms with E-state index in [2.05, 4.69) is 5.32 Å². The van der Waals surface area contributed by atoms with Gasteiger partial charge in [-0.25, -0.2) is 0 Å². The van der Waals surface area contributed by atoms with Crippen LogP contribution in [0.15, 0.2) is 0 Å². The average Bonchev–Trinajstić information content (AvgIpc) is 2.42. The number of carbonyl (C=O) groups excluding carboxylic acids is 1. The standard InChI is InChI=1S/C14H26N2O2/c1-15-13-8-5-9-16(14(13)17)10-11-18-12-6-3-2-4-7-12/h12-13,15H,2-11H2,1H3. The number of ether oxygens (including phenoxy) is 1. The second-order valence-corrected chi connectivity index (χ2v) is 5.44. The van der Waals surface area contributed by atoms with Gasteiger partial charge >= 0.3 is 0 Å². The van der Waals surface area contributed by atoms with E-state index in [1.165, 1.54) is 32.1 Å². The molecule has 1 saturated heterocycles. The van der Waals surface area contributed by atoms with Crippen molar-refractivity contribution < 1.29 is 9.53 Å². The quantitative estimate of drug-likeness (QED) is 0.809. The van der Waals surface area contributed by atoms with Crippen molar-refractivity contribution in [3.05, 3.63) is 0 Å². The SMILES string of the molecule is CNC1CCCN(CCOC2CCCCC2)C1=O. The van der Waals surface area contributed by atoms with Gasteiger partial charge in [-0.2, -0.15) is 0 Å². The number of likely N-dealkylation sites (tertiary alicyclic amines) is 1. The molecule has 0 aromatic rings. The predicted molar refractivity (Wildman–Crippen MR) is 71.5 cm³/mol. The van der Waals surface area contributed by atoms with Crippen LogP contribution in [0.1, 0.15) is 44.9 Å². The fourth-order valence-electron chi connectivity index (χ4n) is 2.99. The molecule has 0 aromatic carbocycles. The average molecular weight is 254 g/mol. The number of nitrogens with zero attached hydrogens (tertiary/aromatic N) is 1. The van der Waals surface area contributed by atoms with E-state index in [1.54, 1.807) is 0 Å². The van der Waals surface area contributed by atoms with E-state index >= 15 is 0 Å². The molecule has 1 aliphatic carbocycles. The molecule has 0 spiro atoms. The Bertz CT molecular complexity index is 265. The van der Waals surface area contributed by atoms with Crippen LogP contribution < -0.4 is 5.32 Å². The summed E-state index contributed by atoms with van der Waals surface area (Å²) in [5.41, 5.74) is 0. The third kappa shape index (κ3) is 3.69. The van der Waals surface area contributed by atoms with Gasteiger partial charge in [0.2, 0.25) is 5.91 Å². The molecule has 1 saturated carbocycles. The first-order valence-electron chi connectivity index (χ1n) is 7.39. The zero-order chi connectivity index (χ0) is 12.8. The van der Waals surface area contributed by atoms with Crippen molar-refractivity contribution in [2.45, 2.75) is 57.1 Å². The molecule has 1 unspecified atom stereocenters. The molecular formula is C14H26N2O2. The zero-order valence-electron chi connectivity index (χ0n) is 11.5. The lowest BCUT2D eigenvalue weighted by molar-refractivity contribution is -0.137. The Balaban J connectivity index is 1.67. The number of likely N-dealkylation sites (N-methyl/N-ethyl adjacent to an activating group) is 1. The van der Waals surface area contributed by atoms with Crippen LogP contribution in [0.5, 0.6) is 0 Å². The molecule has 2 rings (SSSR count). The van der Waals surface area contributed by atoms with Gasteiger partial charge < -0.3 is 15.0 Å². The lowest BCUT2D eigenvalue weighted by Crippen LogP contribution is -2.50. The monoisotopic (exact) mass is 254 g/mol. The van der Waals surface area contributed by atoms with Crippen molar-refractivity contribution >= 4 is 5.91 Å². The van der Waals surface area contributed by atoms with Crippen LogP contribution in [0.4, 0.5) is 0 Å². The van der Waals surface area contributed by atoms with Gasteiger partial charge in [-0.15, -0.1) is 0 Å². The fraction of sp³-hybridized carbons (Fsp3) is 0.929. The summed E-state index contributed by atoms with van der Waals surface area (Å²) < 4.78 is 5.89. The van der Waals surface area contributed by atoms with Crippen LogP contribution in [0, 0.1) is 0 Å². The minimum absolute atomic E-state index is 0.0217. The number of amides is 1. The highest BCUT2D eigenvalue weighted by molar-refractivity contribution is 5.82. The normalized spacial score (nSPS) is 26.6. The van der Waals surface area contributed by atoms with Crippen molar-refractivity contribution in [2.75, 3.05) is 26.7 Å². The fourth-order valence-corrected chi connectivity index (χ4v) is 2.99. The molecule has 1 atom stereocenters. The van der Waals surface area contributed by atoms with Gasteiger partial charge in [-0.05, 0) is 32.7 Å². The lowest BCUT2D eigenvalue weighted by Gasteiger charge is -2.32. The molecule has 0 aromatic heterocycles. The Hall–Kier alpha value is -0.610. The molecule has 1 heterocycles. The van der Waals surface area contributed by atoms with E-state index in [-0.39, 0.29) is 11.9 Å². The summed E-state index contributed by atoms with van der Waals surface area (Å²) in [6, 6.07) is 0.0217. The highest BCUT2D eigenvalue weighted by Crippen LogP contribution is 2.20. The smallest absolute Gasteiger partial charge is 0.239 e. The van der Waals surface area contributed by atoms with Crippen molar-refractivity contribution in [2.24, 2.45) is 0 Å². The Morgan fingerprint density at radius 2 is 2.00 bits per heavy atom. The number of hydrogen-bond donors (Lipinski definition) is 1. The second kappa shape index (κ2) is 7.10. The second-order valence-electron chi connectivity index (χ2n) is 5.44. The molecular weight excluding hydrogens is 228 g/mol. The third-order valence-electron chi connectivity index (χ3n) is 4.15. The summed E-state index contributed by atoms with van der Waals surface area (Å²) in [4.78, 5) is 14.0. The highest BCUT2D eigenvalue weighted by atomic mass is 16.5. The number of hydrogen-bond acceptors (Lipinski definition) is 3. The summed E-state index contributed by atoms with van der Waals surface area (Å²) >= 11 is 0. The van der Waals surface area contributed by atoms with E-state index in [0.717, 1.165) is 25.9 Å². The van der Waals surface area contributed by atoms with E-state index in [0.29, 0.717) is 12.7 Å². The molecule has 2 fully saturated rings. The number of nitrogens with one attached hydrogen (secondary N) is 1. The summed E-state index contributed by atoms with van der Waals surface area (Å²) in [5.74, 6) is 0.246. The topological polar surface area (TPSA) is 41.6 Å². The summed E-state index contributed by atoms with van der Waals surface area (Å²) in [6.07, 6.45) is 8.87. The van der Waals surface area contributed by atoms with Gasteiger partial charge in [0.1, 0.15) is 0 Å². The van der Waals surface area contributed by atoms with Crippen molar-refractivity contribution in [1.82, 2.24) is 10.2 Å². The van der Waals surface area contributed by atoms with E-state index in [9.17, 15) is 4.79 Å². The van der Waals surface area contributed by atoms with Gasteiger partial charge in [0.25, 0.3) is 0 Å². The molecule has 1 amide bonds. The Morgan fingerprint density at radius 3 is 2.72 bits per heavy atom. The first-order chi connectivity index (χ1) is 8.81. The van der Waals surface area contributed by atoms with Gasteiger partial charge in [-0.1, -0.05) is 19.3 Å². The van der Waals surface area contributed by atoms with Crippen LogP contribution >= 0.6 is 0 Å². The zero-order valence-corrected chi connectivity index (χ0v) is 11.5. The summed E-state index contributed by atoms with van der Waals surface area (Å²) in [5, 5.41) is 3.09.